The Morgan fingerprint density at radius 1 is 1.29 bits per heavy atom. The van der Waals surface area contributed by atoms with E-state index >= 15 is 0 Å². The van der Waals surface area contributed by atoms with Crippen LogP contribution in [0.5, 0.6) is 0 Å². The van der Waals surface area contributed by atoms with Crippen molar-refractivity contribution in [2.45, 2.75) is 37.1 Å². The second-order valence-corrected chi connectivity index (χ2v) is 5.90. The highest BCUT2D eigenvalue weighted by atomic mass is 32.2. The van der Waals surface area contributed by atoms with Gasteiger partial charge >= 0.3 is 0 Å². The van der Waals surface area contributed by atoms with E-state index in [2.05, 4.69) is 43.4 Å². The fourth-order valence-electron chi connectivity index (χ4n) is 1.57. The van der Waals surface area contributed by atoms with Crippen molar-refractivity contribution in [1.29, 1.82) is 0 Å². The molecule has 1 atom stereocenters. The third-order valence-corrected chi connectivity index (χ3v) is 4.21. The summed E-state index contributed by atoms with van der Waals surface area (Å²) in [5, 5.41) is 12.4. The highest BCUT2D eigenvalue weighted by molar-refractivity contribution is 7.99. The molecule has 0 aliphatic rings. The Morgan fingerprint density at radius 2 is 1.94 bits per heavy atom. The lowest BCUT2D eigenvalue weighted by molar-refractivity contribution is 0.173. The molecule has 0 amide bonds. The molecule has 1 aromatic rings. The summed E-state index contributed by atoms with van der Waals surface area (Å²) in [5.74, 6) is 1.10. The van der Waals surface area contributed by atoms with Gasteiger partial charge in [-0.15, -0.1) is 11.8 Å². The molecule has 0 radical (unpaired) electrons. The van der Waals surface area contributed by atoms with Gasteiger partial charge in [0.25, 0.3) is 0 Å². The molecule has 2 nitrogen and oxygen atoms in total. The Morgan fingerprint density at radius 3 is 2.47 bits per heavy atom. The molecule has 0 aliphatic carbocycles. The van der Waals surface area contributed by atoms with Crippen LogP contribution in [0.15, 0.2) is 29.2 Å². The Balaban J connectivity index is 2.26. The van der Waals surface area contributed by atoms with Crippen molar-refractivity contribution >= 4 is 11.8 Å². The highest BCUT2D eigenvalue weighted by Crippen LogP contribution is 2.21. The minimum atomic E-state index is -0.131. The van der Waals surface area contributed by atoms with Crippen molar-refractivity contribution in [3.05, 3.63) is 29.8 Å². The van der Waals surface area contributed by atoms with E-state index in [0.717, 1.165) is 18.6 Å². The van der Waals surface area contributed by atoms with Gasteiger partial charge in [-0.3, -0.25) is 0 Å². The number of thioether (sulfide) groups is 1. The van der Waals surface area contributed by atoms with Gasteiger partial charge in [0.1, 0.15) is 0 Å². The number of rotatable bonds is 7. The third kappa shape index (κ3) is 5.11. The van der Waals surface area contributed by atoms with Gasteiger partial charge < -0.3 is 10.4 Å². The Kier molecular flexibility index (Phi) is 6.03. The molecule has 0 bridgehead atoms. The van der Waals surface area contributed by atoms with Crippen LogP contribution in [0.25, 0.3) is 0 Å². The highest BCUT2D eigenvalue weighted by Gasteiger charge is 2.19. The molecule has 0 aromatic heterocycles. The first kappa shape index (κ1) is 14.6. The molecule has 0 saturated carbocycles. The molecular weight excluding hydrogens is 230 g/mol. The molecule has 0 saturated heterocycles. The van der Waals surface area contributed by atoms with E-state index in [1.807, 2.05) is 18.8 Å². The van der Waals surface area contributed by atoms with Gasteiger partial charge in [-0.05, 0) is 51.6 Å². The van der Waals surface area contributed by atoms with Crippen LogP contribution in [-0.2, 0) is 0 Å². The van der Waals surface area contributed by atoms with Crippen LogP contribution in [0, 0.1) is 6.92 Å². The number of aliphatic hydroxyl groups is 1. The van der Waals surface area contributed by atoms with Gasteiger partial charge in [0.15, 0.2) is 0 Å². The first-order valence-corrected chi connectivity index (χ1v) is 7.07. The molecule has 0 heterocycles. The van der Waals surface area contributed by atoms with Crippen molar-refractivity contribution in [2.75, 3.05) is 19.4 Å². The van der Waals surface area contributed by atoms with Crippen LogP contribution >= 0.6 is 11.8 Å². The Hall–Kier alpha value is -0.510. The SMILES string of the molecule is CNC(C)(CO)CCCSc1ccc(C)cc1. The molecule has 2 N–H and O–H groups in total. The van der Waals surface area contributed by atoms with Gasteiger partial charge in [-0.2, -0.15) is 0 Å². The maximum absolute atomic E-state index is 9.26. The van der Waals surface area contributed by atoms with E-state index in [9.17, 15) is 5.11 Å². The monoisotopic (exact) mass is 253 g/mol. The second kappa shape index (κ2) is 7.04. The maximum Gasteiger partial charge on any atom is 0.0610 e. The third-order valence-electron chi connectivity index (χ3n) is 3.12. The lowest BCUT2D eigenvalue weighted by Crippen LogP contribution is -2.43. The summed E-state index contributed by atoms with van der Waals surface area (Å²) in [6, 6.07) is 8.63. The average molecular weight is 253 g/mol. The van der Waals surface area contributed by atoms with Crippen LogP contribution in [0.2, 0.25) is 0 Å². The summed E-state index contributed by atoms with van der Waals surface area (Å²) < 4.78 is 0. The normalized spacial score (nSPS) is 14.6. The van der Waals surface area contributed by atoms with Gasteiger partial charge in [0.05, 0.1) is 6.61 Å². The molecular formula is C14H23NOS. The van der Waals surface area contributed by atoms with Crippen molar-refractivity contribution in [3.8, 4) is 0 Å². The zero-order valence-corrected chi connectivity index (χ0v) is 11.8. The summed E-state index contributed by atoms with van der Waals surface area (Å²) in [4.78, 5) is 1.32. The van der Waals surface area contributed by atoms with Gasteiger partial charge in [0, 0.05) is 10.4 Å². The molecule has 0 fully saturated rings. The molecule has 1 unspecified atom stereocenters. The van der Waals surface area contributed by atoms with Crippen molar-refractivity contribution in [2.24, 2.45) is 0 Å². The van der Waals surface area contributed by atoms with E-state index in [0.29, 0.717) is 0 Å². The largest absolute Gasteiger partial charge is 0.394 e. The average Bonchev–Trinajstić information content (AvgIpc) is 2.36. The fraction of sp³-hybridized carbons (Fsp3) is 0.571. The van der Waals surface area contributed by atoms with E-state index in [1.54, 1.807) is 0 Å². The lowest BCUT2D eigenvalue weighted by atomic mass is 9.98. The number of likely N-dealkylation sites (N-methyl/N-ethyl adjacent to an activating group) is 1. The molecule has 0 spiro atoms. The van der Waals surface area contributed by atoms with Gasteiger partial charge in [-0.25, -0.2) is 0 Å². The zero-order chi connectivity index (χ0) is 12.7. The quantitative estimate of drug-likeness (QED) is 0.579. The predicted molar refractivity (Wildman–Crippen MR) is 75.7 cm³/mol. The zero-order valence-electron chi connectivity index (χ0n) is 11.0. The van der Waals surface area contributed by atoms with E-state index in [4.69, 9.17) is 0 Å². The smallest absolute Gasteiger partial charge is 0.0610 e. The maximum atomic E-state index is 9.26. The van der Waals surface area contributed by atoms with Crippen LogP contribution in [0.4, 0.5) is 0 Å². The summed E-state index contributed by atoms with van der Waals surface area (Å²) in [5.41, 5.74) is 1.17. The molecule has 96 valence electrons. The number of nitrogens with one attached hydrogen (secondary N) is 1. The Bertz CT molecular complexity index is 319. The molecule has 3 heteroatoms. The first-order chi connectivity index (χ1) is 8.09. The van der Waals surface area contributed by atoms with E-state index in [1.165, 1.54) is 10.5 Å². The second-order valence-electron chi connectivity index (χ2n) is 4.73. The van der Waals surface area contributed by atoms with Crippen molar-refractivity contribution in [1.82, 2.24) is 5.32 Å². The number of hydrogen-bond donors (Lipinski definition) is 2. The number of aliphatic hydroxyl groups excluding tert-OH is 1. The molecule has 17 heavy (non-hydrogen) atoms. The summed E-state index contributed by atoms with van der Waals surface area (Å²) in [7, 11) is 1.91. The number of benzene rings is 1. The summed E-state index contributed by atoms with van der Waals surface area (Å²) >= 11 is 1.88. The summed E-state index contributed by atoms with van der Waals surface area (Å²) in [6.45, 7) is 4.36. The number of hydrogen-bond acceptors (Lipinski definition) is 3. The molecule has 1 rings (SSSR count). The van der Waals surface area contributed by atoms with Crippen LogP contribution in [-0.4, -0.2) is 30.1 Å². The van der Waals surface area contributed by atoms with Crippen LogP contribution in [0.3, 0.4) is 0 Å². The lowest BCUT2D eigenvalue weighted by Gasteiger charge is -2.26. The van der Waals surface area contributed by atoms with Crippen molar-refractivity contribution < 1.29 is 5.11 Å². The van der Waals surface area contributed by atoms with Crippen LogP contribution in [0.1, 0.15) is 25.3 Å². The molecule has 1 aromatic carbocycles. The predicted octanol–water partition coefficient (Wildman–Crippen LogP) is 2.84. The molecule has 0 aliphatic heterocycles. The van der Waals surface area contributed by atoms with E-state index < -0.39 is 0 Å². The minimum absolute atomic E-state index is 0.131. The van der Waals surface area contributed by atoms with Gasteiger partial charge in [-0.1, -0.05) is 17.7 Å². The standard InChI is InChI=1S/C14H23NOS/c1-12-5-7-13(8-6-12)17-10-4-9-14(2,11-16)15-3/h5-8,15-16H,4,9-11H2,1-3H3. The van der Waals surface area contributed by atoms with E-state index in [-0.39, 0.29) is 12.1 Å². The first-order valence-electron chi connectivity index (χ1n) is 6.09. The van der Waals surface area contributed by atoms with Gasteiger partial charge in [0.2, 0.25) is 0 Å². The fourth-order valence-corrected chi connectivity index (χ4v) is 2.42. The van der Waals surface area contributed by atoms with Crippen LogP contribution < -0.4 is 5.32 Å². The topological polar surface area (TPSA) is 32.3 Å². The van der Waals surface area contributed by atoms with Crippen molar-refractivity contribution in [3.63, 3.8) is 0 Å². The Labute approximate surface area is 109 Å². The minimum Gasteiger partial charge on any atom is -0.394 e. The number of aryl methyl sites for hydroxylation is 1. The summed E-state index contributed by atoms with van der Waals surface area (Å²) in [6.07, 6.45) is 2.11.